The molecule has 0 spiro atoms. The van der Waals surface area contributed by atoms with Gasteiger partial charge in [0, 0.05) is 6.54 Å². The van der Waals surface area contributed by atoms with E-state index in [1.54, 1.807) is 0 Å². The molecule has 1 atom stereocenters. The van der Waals surface area contributed by atoms with Crippen LogP contribution in [0.25, 0.3) is 0 Å². The molecule has 1 unspecified atom stereocenters. The Morgan fingerprint density at radius 3 is 1.89 bits per heavy atom. The van der Waals surface area contributed by atoms with Crippen molar-refractivity contribution in [1.82, 2.24) is 4.90 Å². The normalized spacial score (nSPS) is 27.7. The molecule has 2 rings (SSSR count). The summed E-state index contributed by atoms with van der Waals surface area (Å²) in [7, 11) is 0. The van der Waals surface area contributed by atoms with E-state index in [2.05, 4.69) is 46.4 Å². The Balaban J connectivity index is 1.59. The number of likely N-dealkylation sites (tertiary alicyclic amines) is 1. The molecule has 27 heavy (non-hydrogen) atoms. The number of aliphatic hydroxyl groups is 1. The molecule has 2 aliphatic rings. The van der Waals surface area contributed by atoms with Crippen molar-refractivity contribution in [3.05, 3.63) is 0 Å². The van der Waals surface area contributed by atoms with Crippen molar-refractivity contribution in [2.45, 2.75) is 105 Å². The lowest BCUT2D eigenvalue weighted by Gasteiger charge is -2.37. The smallest absolute Gasteiger partial charge is 0.0600 e. The van der Waals surface area contributed by atoms with Gasteiger partial charge in [0.2, 0.25) is 0 Å². The van der Waals surface area contributed by atoms with Crippen LogP contribution in [0, 0.1) is 23.2 Å². The van der Waals surface area contributed by atoms with E-state index in [0.717, 1.165) is 37.3 Å². The van der Waals surface area contributed by atoms with E-state index in [1.807, 2.05) is 0 Å². The van der Waals surface area contributed by atoms with Gasteiger partial charge >= 0.3 is 0 Å². The van der Waals surface area contributed by atoms with Crippen LogP contribution in [-0.4, -0.2) is 48.0 Å². The highest BCUT2D eigenvalue weighted by Gasteiger charge is 2.28. The molecule has 3 heteroatoms. The summed E-state index contributed by atoms with van der Waals surface area (Å²) in [4.78, 5) is 2.58. The minimum absolute atomic E-state index is 0.00768. The topological polar surface area (TPSA) is 32.7 Å². The molecule has 1 aliphatic heterocycles. The fraction of sp³-hybridized carbons (Fsp3) is 1.00. The minimum atomic E-state index is -0.187. The number of piperidine rings is 1. The van der Waals surface area contributed by atoms with Gasteiger partial charge in [0.25, 0.3) is 0 Å². The zero-order valence-corrected chi connectivity index (χ0v) is 19.1. The summed E-state index contributed by atoms with van der Waals surface area (Å²) in [5.74, 6) is 2.67. The van der Waals surface area contributed by atoms with Crippen LogP contribution < -0.4 is 0 Å². The van der Waals surface area contributed by atoms with Gasteiger partial charge in [-0.3, -0.25) is 0 Å². The molecular weight excluding hydrogens is 334 g/mol. The first-order valence-electron chi connectivity index (χ1n) is 11.6. The zero-order valence-electron chi connectivity index (χ0n) is 19.1. The largest absolute Gasteiger partial charge is 0.393 e. The molecule has 1 saturated carbocycles. The van der Waals surface area contributed by atoms with Crippen LogP contribution in [-0.2, 0) is 4.74 Å². The second kappa shape index (κ2) is 10.1. The van der Waals surface area contributed by atoms with Crippen LogP contribution in [0.4, 0.5) is 0 Å². The minimum Gasteiger partial charge on any atom is -0.393 e. The van der Waals surface area contributed by atoms with E-state index in [-0.39, 0.29) is 17.1 Å². The first-order valence-corrected chi connectivity index (χ1v) is 11.6. The lowest BCUT2D eigenvalue weighted by Crippen LogP contribution is -2.38. The molecule has 1 saturated heterocycles. The van der Waals surface area contributed by atoms with Crippen molar-refractivity contribution in [3.8, 4) is 0 Å². The zero-order chi connectivity index (χ0) is 20.1. The number of aliphatic hydroxyl groups excluding tert-OH is 1. The Morgan fingerprint density at radius 2 is 1.37 bits per heavy atom. The summed E-state index contributed by atoms with van der Waals surface area (Å²) in [6.45, 7) is 17.4. The van der Waals surface area contributed by atoms with E-state index in [1.165, 1.54) is 58.0 Å². The van der Waals surface area contributed by atoms with Crippen LogP contribution in [0.15, 0.2) is 0 Å². The molecule has 3 nitrogen and oxygen atoms in total. The van der Waals surface area contributed by atoms with Gasteiger partial charge in [0.1, 0.15) is 0 Å². The van der Waals surface area contributed by atoms with Crippen molar-refractivity contribution in [2.75, 3.05) is 26.2 Å². The van der Waals surface area contributed by atoms with Crippen LogP contribution in [0.3, 0.4) is 0 Å². The Labute approximate surface area is 169 Å². The molecule has 0 aromatic carbocycles. The average Bonchev–Trinajstić information content (AvgIpc) is 2.59. The van der Waals surface area contributed by atoms with Gasteiger partial charge in [-0.15, -0.1) is 0 Å². The van der Waals surface area contributed by atoms with Gasteiger partial charge in [0.15, 0.2) is 0 Å². The third-order valence-corrected chi connectivity index (χ3v) is 6.81. The fourth-order valence-corrected chi connectivity index (χ4v) is 4.66. The van der Waals surface area contributed by atoms with E-state index in [4.69, 9.17) is 4.74 Å². The van der Waals surface area contributed by atoms with Gasteiger partial charge in [-0.25, -0.2) is 0 Å². The van der Waals surface area contributed by atoms with Gasteiger partial charge in [-0.05, 0) is 95.6 Å². The summed E-state index contributed by atoms with van der Waals surface area (Å²) in [5.41, 5.74) is 0.0167. The van der Waals surface area contributed by atoms with Gasteiger partial charge in [0.05, 0.1) is 18.3 Å². The standard InChI is InChI=1S/C24H47NO2/c1-23(2,3)22(26)13-16-25-14-11-20(12-15-25)17-19-7-9-21(10-8-19)18-27-24(4,5)6/h19-22,26H,7-18H2,1-6H3. The Morgan fingerprint density at radius 1 is 0.852 bits per heavy atom. The quantitative estimate of drug-likeness (QED) is 0.631. The second-order valence-corrected chi connectivity index (χ2v) is 11.5. The molecule has 0 amide bonds. The highest BCUT2D eigenvalue weighted by Crippen LogP contribution is 2.36. The fourth-order valence-electron chi connectivity index (χ4n) is 4.66. The Kier molecular flexibility index (Phi) is 8.64. The van der Waals surface area contributed by atoms with Crippen LogP contribution >= 0.6 is 0 Å². The highest BCUT2D eigenvalue weighted by molar-refractivity contribution is 4.80. The van der Waals surface area contributed by atoms with Crippen molar-refractivity contribution >= 4 is 0 Å². The SMILES string of the molecule is CC(C)(C)OCC1CCC(CC2CCN(CCC(O)C(C)(C)C)CC2)CC1. The number of ether oxygens (including phenoxy) is 1. The van der Waals surface area contributed by atoms with E-state index in [0.29, 0.717) is 0 Å². The summed E-state index contributed by atoms with van der Waals surface area (Å²) in [6, 6.07) is 0. The molecule has 2 fully saturated rings. The van der Waals surface area contributed by atoms with Crippen LogP contribution in [0.1, 0.15) is 92.9 Å². The van der Waals surface area contributed by atoms with Gasteiger partial charge in [-0.2, -0.15) is 0 Å². The Bertz CT molecular complexity index is 407. The molecule has 0 aromatic rings. The second-order valence-electron chi connectivity index (χ2n) is 11.5. The van der Waals surface area contributed by atoms with Gasteiger partial charge in [-0.1, -0.05) is 33.6 Å². The maximum absolute atomic E-state index is 10.3. The lowest BCUT2D eigenvalue weighted by atomic mass is 9.76. The average molecular weight is 382 g/mol. The van der Waals surface area contributed by atoms with Gasteiger partial charge < -0.3 is 14.7 Å². The lowest BCUT2D eigenvalue weighted by molar-refractivity contribution is -0.0308. The van der Waals surface area contributed by atoms with E-state index >= 15 is 0 Å². The summed E-state index contributed by atoms with van der Waals surface area (Å²) < 4.78 is 6.00. The third kappa shape index (κ3) is 8.83. The number of rotatable bonds is 7. The molecule has 1 heterocycles. The van der Waals surface area contributed by atoms with Crippen molar-refractivity contribution in [2.24, 2.45) is 23.2 Å². The van der Waals surface area contributed by atoms with E-state index < -0.39 is 0 Å². The molecule has 0 aromatic heterocycles. The predicted molar refractivity (Wildman–Crippen MR) is 115 cm³/mol. The van der Waals surface area contributed by atoms with Crippen LogP contribution in [0.2, 0.25) is 0 Å². The molecule has 160 valence electrons. The van der Waals surface area contributed by atoms with Crippen LogP contribution in [0.5, 0.6) is 0 Å². The summed E-state index contributed by atoms with van der Waals surface area (Å²) >= 11 is 0. The molecule has 0 bridgehead atoms. The molecule has 1 aliphatic carbocycles. The van der Waals surface area contributed by atoms with Crippen molar-refractivity contribution in [1.29, 1.82) is 0 Å². The van der Waals surface area contributed by atoms with E-state index in [9.17, 15) is 5.11 Å². The predicted octanol–water partition coefficient (Wildman–Crippen LogP) is 5.51. The number of hydrogen-bond donors (Lipinski definition) is 1. The van der Waals surface area contributed by atoms with Crippen molar-refractivity contribution in [3.63, 3.8) is 0 Å². The monoisotopic (exact) mass is 381 g/mol. The number of nitrogens with zero attached hydrogens (tertiary/aromatic N) is 1. The summed E-state index contributed by atoms with van der Waals surface area (Å²) in [6.07, 6.45) is 10.4. The Hall–Kier alpha value is -0.120. The molecule has 1 N–H and O–H groups in total. The highest BCUT2D eigenvalue weighted by atomic mass is 16.5. The first kappa shape index (κ1) is 23.2. The number of hydrogen-bond acceptors (Lipinski definition) is 3. The molecular formula is C24H47NO2. The third-order valence-electron chi connectivity index (χ3n) is 6.81. The summed E-state index contributed by atoms with van der Waals surface area (Å²) in [5, 5.41) is 10.3. The first-order chi connectivity index (χ1) is 12.5. The maximum atomic E-state index is 10.3. The van der Waals surface area contributed by atoms with Crippen molar-refractivity contribution < 1.29 is 9.84 Å². The maximum Gasteiger partial charge on any atom is 0.0600 e. The molecule has 0 radical (unpaired) electrons.